The molecule has 0 aliphatic carbocycles. The number of nitrogens with zero attached hydrogens (tertiary/aromatic N) is 2. The molecular weight excluding hydrogens is 414 g/mol. The van der Waals surface area contributed by atoms with E-state index in [1.165, 1.54) is 5.56 Å². The number of ether oxygens (including phenoxy) is 1. The Balaban J connectivity index is 1.88. The average molecular weight is 452 g/mol. The van der Waals surface area contributed by atoms with Crippen molar-refractivity contribution < 1.29 is 14.3 Å². The number of amides is 2. The van der Waals surface area contributed by atoms with Gasteiger partial charge in [0.05, 0.1) is 6.04 Å². The number of carbonyl (C=O) groups is 2. The van der Waals surface area contributed by atoms with Crippen LogP contribution in [0.1, 0.15) is 50.4 Å². The molecule has 2 aromatic rings. The second kappa shape index (κ2) is 10.4. The van der Waals surface area contributed by atoms with Gasteiger partial charge in [0.25, 0.3) is 5.91 Å². The van der Waals surface area contributed by atoms with Crippen molar-refractivity contribution in [2.75, 3.05) is 33.7 Å². The number of rotatable bonds is 7. The third-order valence-electron chi connectivity index (χ3n) is 5.90. The molecule has 1 heterocycles. The van der Waals surface area contributed by atoms with Crippen LogP contribution in [0, 0.1) is 5.41 Å². The molecule has 0 aromatic heterocycles. The maximum Gasteiger partial charge on any atom is 0.260 e. The van der Waals surface area contributed by atoms with Gasteiger partial charge in [-0.25, -0.2) is 0 Å². The fourth-order valence-electron chi connectivity index (χ4n) is 4.11. The van der Waals surface area contributed by atoms with E-state index in [4.69, 9.17) is 4.74 Å². The Kier molecular flexibility index (Phi) is 7.80. The molecule has 33 heavy (non-hydrogen) atoms. The highest BCUT2D eigenvalue weighted by atomic mass is 16.5. The maximum atomic E-state index is 13.4. The normalized spacial score (nSPS) is 16.8. The summed E-state index contributed by atoms with van der Waals surface area (Å²) in [7, 11) is 3.94. The summed E-state index contributed by atoms with van der Waals surface area (Å²) in [5.41, 5.74) is 2.86. The Bertz CT molecular complexity index is 966. The first-order valence-electron chi connectivity index (χ1n) is 11.7. The highest BCUT2D eigenvalue weighted by Gasteiger charge is 2.37. The number of carbonyl (C=O) groups excluding carboxylic acids is 2. The van der Waals surface area contributed by atoms with Gasteiger partial charge in [-0.3, -0.25) is 9.59 Å². The minimum atomic E-state index is -0.615. The van der Waals surface area contributed by atoms with E-state index < -0.39 is 11.5 Å². The molecule has 178 valence electrons. The minimum Gasteiger partial charge on any atom is -0.481 e. The van der Waals surface area contributed by atoms with E-state index in [1.807, 2.05) is 75.0 Å². The summed E-state index contributed by atoms with van der Waals surface area (Å²) in [6.45, 7) is 9.66. The lowest BCUT2D eigenvalue weighted by Crippen LogP contribution is -2.45. The van der Waals surface area contributed by atoms with Crippen molar-refractivity contribution in [3.63, 3.8) is 0 Å². The topological polar surface area (TPSA) is 61.9 Å². The zero-order valence-electron chi connectivity index (χ0n) is 20.7. The largest absolute Gasteiger partial charge is 0.481 e. The Hall–Kier alpha value is -2.86. The van der Waals surface area contributed by atoms with Crippen LogP contribution in [0.15, 0.2) is 48.5 Å². The summed E-state index contributed by atoms with van der Waals surface area (Å²) < 4.78 is 6.02. The number of hydrogen-bond donors (Lipinski definition) is 1. The van der Waals surface area contributed by atoms with Gasteiger partial charge in [-0.05, 0) is 56.3 Å². The van der Waals surface area contributed by atoms with Crippen LogP contribution >= 0.6 is 0 Å². The van der Waals surface area contributed by atoms with Crippen LogP contribution in [0.5, 0.6) is 5.75 Å². The smallest absolute Gasteiger partial charge is 0.260 e. The maximum absolute atomic E-state index is 13.4. The highest BCUT2D eigenvalue weighted by Crippen LogP contribution is 2.39. The average Bonchev–Trinajstić information content (AvgIpc) is 2.77. The van der Waals surface area contributed by atoms with Crippen LogP contribution in [0.4, 0.5) is 0 Å². The summed E-state index contributed by atoms with van der Waals surface area (Å²) >= 11 is 0. The lowest BCUT2D eigenvalue weighted by molar-refractivity contribution is -0.141. The Labute approximate surface area is 197 Å². The van der Waals surface area contributed by atoms with Crippen LogP contribution < -0.4 is 10.1 Å². The quantitative estimate of drug-likeness (QED) is 0.698. The number of likely N-dealkylation sites (N-methyl/N-ethyl adjacent to an activating group) is 1. The van der Waals surface area contributed by atoms with Crippen molar-refractivity contribution in [1.29, 1.82) is 0 Å². The monoisotopic (exact) mass is 451 g/mol. The molecule has 0 spiro atoms. The zero-order valence-corrected chi connectivity index (χ0v) is 20.7. The summed E-state index contributed by atoms with van der Waals surface area (Å²) in [5, 5.41) is 2.91. The van der Waals surface area contributed by atoms with Crippen LogP contribution in [0.2, 0.25) is 0 Å². The van der Waals surface area contributed by atoms with Gasteiger partial charge in [0.2, 0.25) is 5.91 Å². The molecule has 3 rings (SSSR count). The molecule has 0 radical (unpaired) electrons. The van der Waals surface area contributed by atoms with E-state index in [0.717, 1.165) is 24.1 Å². The summed E-state index contributed by atoms with van der Waals surface area (Å²) in [6.07, 6.45) is 0.178. The molecule has 1 aliphatic rings. The van der Waals surface area contributed by atoms with Crippen molar-refractivity contribution in [3.05, 3.63) is 65.2 Å². The second-order valence-corrected chi connectivity index (χ2v) is 10.0. The van der Waals surface area contributed by atoms with Crippen molar-refractivity contribution in [1.82, 2.24) is 15.1 Å². The molecule has 0 bridgehead atoms. The first-order chi connectivity index (χ1) is 15.6. The number of fused-ring (bicyclic) bond motifs is 1. The number of hydrogen-bond acceptors (Lipinski definition) is 4. The first-order valence-corrected chi connectivity index (χ1v) is 11.7. The lowest BCUT2D eigenvalue weighted by atomic mass is 9.85. The Morgan fingerprint density at radius 2 is 1.85 bits per heavy atom. The summed E-state index contributed by atoms with van der Waals surface area (Å²) in [6, 6.07) is 15.9. The van der Waals surface area contributed by atoms with Crippen molar-refractivity contribution in [2.45, 2.75) is 46.3 Å². The molecule has 1 N–H and O–H groups in total. The standard InChI is InChI=1S/C27H37N3O3/c1-19(25(31)28-15-17-29(5)6)33-22-13-12-20-14-16-30(26(32)27(2,3)4)24(23(20)18-22)21-10-8-7-9-11-21/h7-13,18-19,24H,14-17H2,1-6H3,(H,28,31). The van der Waals surface area contributed by atoms with E-state index in [9.17, 15) is 9.59 Å². The van der Waals surface area contributed by atoms with Gasteiger partial charge in [0, 0.05) is 25.0 Å². The molecule has 2 unspecified atom stereocenters. The Morgan fingerprint density at radius 3 is 2.48 bits per heavy atom. The molecular formula is C27H37N3O3. The van der Waals surface area contributed by atoms with Gasteiger partial charge >= 0.3 is 0 Å². The van der Waals surface area contributed by atoms with Crippen LogP contribution in [0.3, 0.4) is 0 Å². The SMILES string of the molecule is CC(Oc1ccc2c(c1)C(c1ccccc1)N(C(=O)C(C)(C)C)CC2)C(=O)NCCN(C)C. The molecule has 6 heteroatoms. The van der Waals surface area contributed by atoms with E-state index in [-0.39, 0.29) is 17.9 Å². The van der Waals surface area contributed by atoms with Crippen molar-refractivity contribution in [3.8, 4) is 5.75 Å². The molecule has 0 saturated heterocycles. The van der Waals surface area contributed by atoms with E-state index in [1.54, 1.807) is 6.92 Å². The summed E-state index contributed by atoms with van der Waals surface area (Å²) in [5.74, 6) is 0.621. The fourth-order valence-corrected chi connectivity index (χ4v) is 4.11. The summed E-state index contributed by atoms with van der Waals surface area (Å²) in [4.78, 5) is 29.8. The third-order valence-corrected chi connectivity index (χ3v) is 5.90. The predicted octanol–water partition coefficient (Wildman–Crippen LogP) is 3.65. The van der Waals surface area contributed by atoms with Gasteiger partial charge < -0.3 is 19.9 Å². The van der Waals surface area contributed by atoms with Crippen LogP contribution in [-0.2, 0) is 16.0 Å². The van der Waals surface area contributed by atoms with Crippen LogP contribution in [-0.4, -0.2) is 61.4 Å². The van der Waals surface area contributed by atoms with Gasteiger partial charge in [0.1, 0.15) is 5.75 Å². The highest BCUT2D eigenvalue weighted by molar-refractivity contribution is 5.83. The van der Waals surface area contributed by atoms with Gasteiger partial charge in [-0.2, -0.15) is 0 Å². The van der Waals surface area contributed by atoms with E-state index in [2.05, 4.69) is 23.5 Å². The number of benzene rings is 2. The van der Waals surface area contributed by atoms with Crippen molar-refractivity contribution in [2.24, 2.45) is 5.41 Å². The van der Waals surface area contributed by atoms with E-state index >= 15 is 0 Å². The molecule has 1 aliphatic heterocycles. The van der Waals surface area contributed by atoms with Gasteiger partial charge in [-0.1, -0.05) is 57.2 Å². The number of nitrogens with one attached hydrogen (secondary N) is 1. The van der Waals surface area contributed by atoms with E-state index in [0.29, 0.717) is 18.8 Å². The molecule has 2 amide bonds. The fraction of sp³-hybridized carbons (Fsp3) is 0.481. The molecule has 6 nitrogen and oxygen atoms in total. The first kappa shape index (κ1) is 24.8. The third kappa shape index (κ3) is 6.14. The van der Waals surface area contributed by atoms with Gasteiger partial charge in [-0.15, -0.1) is 0 Å². The van der Waals surface area contributed by atoms with Crippen LogP contribution in [0.25, 0.3) is 0 Å². The zero-order chi connectivity index (χ0) is 24.2. The van der Waals surface area contributed by atoms with Gasteiger partial charge in [0.15, 0.2) is 6.10 Å². The van der Waals surface area contributed by atoms with Crippen molar-refractivity contribution >= 4 is 11.8 Å². The molecule has 0 saturated carbocycles. The predicted molar refractivity (Wildman–Crippen MR) is 131 cm³/mol. The lowest BCUT2D eigenvalue weighted by Gasteiger charge is -2.41. The Morgan fingerprint density at radius 1 is 1.15 bits per heavy atom. The molecule has 0 fully saturated rings. The molecule has 2 aromatic carbocycles. The molecule has 2 atom stereocenters. The minimum absolute atomic E-state index is 0.127. The second-order valence-electron chi connectivity index (χ2n) is 10.0.